The summed E-state index contributed by atoms with van der Waals surface area (Å²) in [4.78, 5) is 31.7. The molecule has 2 amide bonds. The van der Waals surface area contributed by atoms with Crippen LogP contribution in [0, 0.1) is 24.7 Å². The van der Waals surface area contributed by atoms with Gasteiger partial charge >= 0.3 is 6.09 Å². The first kappa shape index (κ1) is 27.2. The summed E-state index contributed by atoms with van der Waals surface area (Å²) in [5.74, 6) is 6.52. The zero-order valence-corrected chi connectivity index (χ0v) is 22.9. The fraction of sp³-hybridized carbons (Fsp3) is 0.379. The number of aromatic nitrogens is 3. The van der Waals surface area contributed by atoms with Gasteiger partial charge in [0, 0.05) is 37.0 Å². The van der Waals surface area contributed by atoms with E-state index in [-0.39, 0.29) is 28.6 Å². The van der Waals surface area contributed by atoms with Crippen molar-refractivity contribution >= 4 is 29.4 Å². The van der Waals surface area contributed by atoms with Crippen molar-refractivity contribution in [2.24, 2.45) is 5.92 Å². The Balaban J connectivity index is 1.38. The Hall–Kier alpha value is -3.83. The number of anilines is 1. The van der Waals surface area contributed by atoms with Crippen LogP contribution in [0.25, 0.3) is 0 Å². The fourth-order valence-electron chi connectivity index (χ4n) is 4.20. The molecule has 4 rings (SSSR count). The number of rotatable bonds is 4. The molecule has 1 N–H and O–H groups in total. The maximum Gasteiger partial charge on any atom is 0.410 e. The minimum Gasteiger partial charge on any atom is -0.444 e. The molecule has 3 heterocycles. The highest BCUT2D eigenvalue weighted by Gasteiger charge is 2.28. The van der Waals surface area contributed by atoms with Crippen molar-refractivity contribution in [3.8, 4) is 11.8 Å². The lowest BCUT2D eigenvalue weighted by atomic mass is 9.97. The Morgan fingerprint density at radius 2 is 1.79 bits per heavy atom. The number of benzene rings is 1. The average Bonchev–Trinajstić information content (AvgIpc) is 3.24. The third kappa shape index (κ3) is 7.14. The molecular formula is C29H32ClN5O3. The van der Waals surface area contributed by atoms with Crippen LogP contribution >= 0.6 is 11.6 Å². The third-order valence-electron chi connectivity index (χ3n) is 6.14. The van der Waals surface area contributed by atoms with E-state index >= 15 is 0 Å². The van der Waals surface area contributed by atoms with Crippen molar-refractivity contribution in [1.29, 1.82) is 0 Å². The van der Waals surface area contributed by atoms with Crippen LogP contribution in [0.15, 0.2) is 48.8 Å². The Labute approximate surface area is 228 Å². The van der Waals surface area contributed by atoms with Crippen molar-refractivity contribution in [3.63, 3.8) is 0 Å². The van der Waals surface area contributed by atoms with E-state index in [0.29, 0.717) is 25.5 Å². The zero-order valence-electron chi connectivity index (χ0n) is 22.1. The Kier molecular flexibility index (Phi) is 8.38. The second kappa shape index (κ2) is 11.7. The number of halogens is 1. The third-order valence-corrected chi connectivity index (χ3v) is 6.42. The van der Waals surface area contributed by atoms with E-state index in [2.05, 4.69) is 27.2 Å². The molecule has 0 bridgehead atoms. The molecule has 3 aromatic rings. The molecule has 0 saturated carbocycles. The van der Waals surface area contributed by atoms with Crippen LogP contribution in [0.3, 0.4) is 0 Å². The molecule has 38 heavy (non-hydrogen) atoms. The van der Waals surface area contributed by atoms with Gasteiger partial charge in [-0.3, -0.25) is 9.48 Å². The summed E-state index contributed by atoms with van der Waals surface area (Å²) in [6.45, 7) is 9.16. The molecule has 1 aromatic carbocycles. The molecule has 1 aliphatic rings. The maximum atomic E-state index is 13.2. The van der Waals surface area contributed by atoms with Gasteiger partial charge in [0.05, 0.1) is 11.2 Å². The molecular weight excluding hydrogens is 502 g/mol. The number of ether oxygens (including phenoxy) is 1. The largest absolute Gasteiger partial charge is 0.444 e. The normalized spacial score (nSPS) is 14.0. The van der Waals surface area contributed by atoms with Gasteiger partial charge in [-0.15, -0.1) is 0 Å². The number of pyridine rings is 1. The summed E-state index contributed by atoms with van der Waals surface area (Å²) < 4.78 is 7.12. The molecule has 0 spiro atoms. The number of nitrogens with one attached hydrogen (secondary N) is 1. The minimum absolute atomic E-state index is 0.249. The Morgan fingerprint density at radius 1 is 1.11 bits per heavy atom. The number of hydrogen-bond acceptors (Lipinski definition) is 5. The quantitative estimate of drug-likeness (QED) is 0.445. The van der Waals surface area contributed by atoms with Crippen molar-refractivity contribution in [2.45, 2.75) is 52.7 Å². The lowest BCUT2D eigenvalue weighted by Crippen LogP contribution is -2.42. The smallest absolute Gasteiger partial charge is 0.410 e. The van der Waals surface area contributed by atoms with Gasteiger partial charge in [0.2, 0.25) is 0 Å². The van der Waals surface area contributed by atoms with E-state index in [1.165, 1.54) is 6.20 Å². The topological polar surface area (TPSA) is 89.4 Å². The minimum atomic E-state index is -0.523. The number of aryl methyl sites for hydroxylation is 1. The van der Waals surface area contributed by atoms with Gasteiger partial charge in [-0.2, -0.15) is 5.10 Å². The standard InChI is InChI=1S/C29H32ClN5O3/c1-20-16-23(11-10-21-8-6-5-7-9-21)17-31-26(20)33-27(36)25-24(30)18-32-35(25)19-22-12-14-34(15-13-22)28(37)38-29(2,3)4/h5-9,16-18,22H,12-15,19H2,1-4H3,(H,31,33,36). The van der Waals surface area contributed by atoms with Crippen molar-refractivity contribution in [3.05, 3.63) is 76.2 Å². The number of amides is 2. The van der Waals surface area contributed by atoms with Crippen LogP contribution in [0.2, 0.25) is 5.02 Å². The van der Waals surface area contributed by atoms with Crippen molar-refractivity contribution < 1.29 is 14.3 Å². The number of carbonyl (C=O) groups excluding carboxylic acids is 2. The van der Waals surface area contributed by atoms with Gasteiger partial charge in [-0.25, -0.2) is 9.78 Å². The van der Waals surface area contributed by atoms with Gasteiger partial charge < -0.3 is 15.0 Å². The van der Waals surface area contributed by atoms with Crippen molar-refractivity contribution in [1.82, 2.24) is 19.7 Å². The number of piperidine rings is 1. The van der Waals surface area contributed by atoms with Crippen LogP contribution in [-0.4, -0.2) is 50.4 Å². The maximum absolute atomic E-state index is 13.2. The number of nitrogens with zero attached hydrogens (tertiary/aromatic N) is 4. The van der Waals surface area contributed by atoms with E-state index in [4.69, 9.17) is 16.3 Å². The first-order valence-electron chi connectivity index (χ1n) is 12.6. The summed E-state index contributed by atoms with van der Waals surface area (Å²) in [5, 5.41) is 7.48. The van der Waals surface area contributed by atoms with Gasteiger partial charge in [0.1, 0.15) is 17.1 Å². The number of likely N-dealkylation sites (tertiary alicyclic amines) is 1. The van der Waals surface area contributed by atoms with Gasteiger partial charge in [-0.05, 0) is 70.2 Å². The molecule has 0 radical (unpaired) electrons. The van der Waals surface area contributed by atoms with E-state index in [9.17, 15) is 9.59 Å². The van der Waals surface area contributed by atoms with Crippen molar-refractivity contribution in [2.75, 3.05) is 18.4 Å². The predicted molar refractivity (Wildman–Crippen MR) is 147 cm³/mol. The first-order chi connectivity index (χ1) is 18.1. The zero-order chi connectivity index (χ0) is 27.3. The molecule has 1 aliphatic heterocycles. The highest BCUT2D eigenvalue weighted by Crippen LogP contribution is 2.24. The van der Waals surface area contributed by atoms with E-state index in [1.54, 1.807) is 15.8 Å². The number of hydrogen-bond donors (Lipinski definition) is 1. The molecule has 2 aromatic heterocycles. The van der Waals surface area contributed by atoms with E-state index in [1.807, 2.05) is 64.1 Å². The van der Waals surface area contributed by atoms with Crippen LogP contribution in [0.4, 0.5) is 10.6 Å². The molecule has 8 nitrogen and oxygen atoms in total. The second-order valence-corrected chi connectivity index (χ2v) is 10.8. The average molecular weight is 534 g/mol. The van der Waals surface area contributed by atoms with Gasteiger partial charge in [0.15, 0.2) is 0 Å². The fourth-order valence-corrected chi connectivity index (χ4v) is 4.43. The van der Waals surface area contributed by atoms with Gasteiger partial charge in [-0.1, -0.05) is 41.6 Å². The molecule has 0 atom stereocenters. The van der Waals surface area contributed by atoms with Gasteiger partial charge in [0.25, 0.3) is 5.91 Å². The lowest BCUT2D eigenvalue weighted by molar-refractivity contribution is 0.0177. The second-order valence-electron chi connectivity index (χ2n) is 10.4. The summed E-state index contributed by atoms with van der Waals surface area (Å²) in [7, 11) is 0. The molecule has 1 fully saturated rings. The van der Waals surface area contributed by atoms with Crippen LogP contribution in [-0.2, 0) is 11.3 Å². The molecule has 9 heteroatoms. The number of carbonyl (C=O) groups is 2. The molecule has 1 saturated heterocycles. The van der Waals surface area contributed by atoms with E-state index < -0.39 is 5.60 Å². The summed E-state index contributed by atoms with van der Waals surface area (Å²) in [5.41, 5.74) is 2.22. The molecule has 198 valence electrons. The lowest BCUT2D eigenvalue weighted by Gasteiger charge is -2.33. The summed E-state index contributed by atoms with van der Waals surface area (Å²) in [6.07, 6.45) is 4.39. The molecule has 0 aliphatic carbocycles. The Morgan fingerprint density at radius 3 is 2.45 bits per heavy atom. The monoisotopic (exact) mass is 533 g/mol. The predicted octanol–water partition coefficient (Wildman–Crippen LogP) is 5.54. The van der Waals surface area contributed by atoms with Crippen LogP contribution in [0.1, 0.15) is 60.8 Å². The van der Waals surface area contributed by atoms with Crippen LogP contribution in [0.5, 0.6) is 0 Å². The Bertz CT molecular complexity index is 1360. The van der Waals surface area contributed by atoms with E-state index in [0.717, 1.165) is 29.5 Å². The first-order valence-corrected chi connectivity index (χ1v) is 13.0. The highest BCUT2D eigenvalue weighted by molar-refractivity contribution is 6.34. The summed E-state index contributed by atoms with van der Waals surface area (Å²) >= 11 is 6.36. The highest BCUT2D eigenvalue weighted by atomic mass is 35.5. The molecule has 0 unspecified atom stereocenters. The van der Waals surface area contributed by atoms with Crippen LogP contribution < -0.4 is 5.32 Å². The summed E-state index contributed by atoms with van der Waals surface area (Å²) in [6, 6.07) is 11.6. The SMILES string of the molecule is Cc1cc(C#Cc2ccccc2)cnc1NC(=O)c1c(Cl)cnn1CC1CCN(C(=O)OC(C)(C)C)CC1.